The van der Waals surface area contributed by atoms with Crippen LogP contribution in [0.15, 0.2) is 46.2 Å². The molecule has 2 aromatic carbocycles. The molecule has 2 aromatic rings. The number of hydrogen-bond donors (Lipinski definition) is 3. The fraction of sp³-hybridized carbons (Fsp3) is 0.381. The first-order valence-electron chi connectivity index (χ1n) is 9.28. The van der Waals surface area contributed by atoms with Crippen molar-refractivity contribution in [3.63, 3.8) is 0 Å². The van der Waals surface area contributed by atoms with Gasteiger partial charge in [-0.2, -0.15) is 0 Å². The number of nitrogens with two attached hydrogens (primary N) is 1. The van der Waals surface area contributed by atoms with Crippen LogP contribution in [0.3, 0.4) is 0 Å². The highest BCUT2D eigenvalue weighted by molar-refractivity contribution is 7.99. The molecule has 1 aliphatic carbocycles. The number of methoxy groups -OCH3 is 2. The number of anilines is 1. The Morgan fingerprint density at radius 3 is 2.50 bits per heavy atom. The minimum Gasteiger partial charge on any atom is -0.497 e. The molecule has 0 aromatic heterocycles. The van der Waals surface area contributed by atoms with Gasteiger partial charge in [-0.3, -0.25) is 4.79 Å². The third-order valence-corrected chi connectivity index (χ3v) is 5.94. The SMILES string of the molecule is COc1ccc(OC)c(Sc2ccc(C(N)=O)c(NC3CCC(O)CC3)c2)c1. The van der Waals surface area contributed by atoms with Crippen LogP contribution in [-0.4, -0.2) is 37.4 Å². The number of aliphatic hydroxyl groups excluding tert-OH is 1. The van der Waals surface area contributed by atoms with Crippen LogP contribution in [0.4, 0.5) is 5.69 Å². The molecule has 1 amide bonds. The molecular formula is C21H26N2O4S. The number of carbonyl (C=O) groups is 1. The molecule has 0 unspecified atom stereocenters. The van der Waals surface area contributed by atoms with E-state index < -0.39 is 5.91 Å². The van der Waals surface area contributed by atoms with Crippen molar-refractivity contribution in [2.24, 2.45) is 5.73 Å². The number of nitrogens with one attached hydrogen (secondary N) is 1. The van der Waals surface area contributed by atoms with Crippen molar-refractivity contribution in [3.8, 4) is 11.5 Å². The Kier molecular flexibility index (Phi) is 6.70. The minimum absolute atomic E-state index is 0.216. The van der Waals surface area contributed by atoms with Crippen LogP contribution >= 0.6 is 11.8 Å². The Morgan fingerprint density at radius 2 is 1.86 bits per heavy atom. The van der Waals surface area contributed by atoms with E-state index in [-0.39, 0.29) is 12.1 Å². The Hall–Kier alpha value is -2.38. The second-order valence-electron chi connectivity index (χ2n) is 6.84. The van der Waals surface area contributed by atoms with Gasteiger partial charge in [0.15, 0.2) is 0 Å². The van der Waals surface area contributed by atoms with E-state index in [0.29, 0.717) is 5.56 Å². The molecule has 3 rings (SSSR count). The summed E-state index contributed by atoms with van der Waals surface area (Å²) in [5.74, 6) is 1.03. The topological polar surface area (TPSA) is 93.8 Å². The van der Waals surface area contributed by atoms with Crippen LogP contribution in [0.25, 0.3) is 0 Å². The predicted octanol–water partition coefficient (Wildman–Crippen LogP) is 3.67. The first-order valence-corrected chi connectivity index (χ1v) is 10.1. The minimum atomic E-state index is -0.464. The van der Waals surface area contributed by atoms with Crippen molar-refractivity contribution in [2.75, 3.05) is 19.5 Å². The van der Waals surface area contributed by atoms with E-state index in [9.17, 15) is 9.90 Å². The molecule has 0 spiro atoms. The van der Waals surface area contributed by atoms with Gasteiger partial charge in [-0.15, -0.1) is 0 Å². The predicted molar refractivity (Wildman–Crippen MR) is 111 cm³/mol. The molecule has 0 saturated heterocycles. The maximum absolute atomic E-state index is 11.9. The van der Waals surface area contributed by atoms with E-state index in [1.165, 1.54) is 11.8 Å². The van der Waals surface area contributed by atoms with Crippen LogP contribution < -0.4 is 20.5 Å². The Balaban J connectivity index is 1.85. The van der Waals surface area contributed by atoms with Gasteiger partial charge in [0, 0.05) is 16.6 Å². The number of primary amides is 1. The van der Waals surface area contributed by atoms with Crippen LogP contribution in [0.1, 0.15) is 36.0 Å². The summed E-state index contributed by atoms with van der Waals surface area (Å²) in [7, 11) is 3.26. The summed E-state index contributed by atoms with van der Waals surface area (Å²) in [6.07, 6.45) is 3.02. The molecule has 150 valence electrons. The van der Waals surface area contributed by atoms with Crippen LogP contribution in [0.5, 0.6) is 11.5 Å². The number of ether oxygens (including phenoxy) is 2. The van der Waals surface area contributed by atoms with E-state index in [1.807, 2.05) is 30.3 Å². The van der Waals surface area contributed by atoms with E-state index >= 15 is 0 Å². The lowest BCUT2D eigenvalue weighted by Gasteiger charge is -2.27. The number of rotatable bonds is 7. The number of aliphatic hydroxyl groups is 1. The van der Waals surface area contributed by atoms with Crippen LogP contribution in [0, 0.1) is 0 Å². The fourth-order valence-corrected chi connectivity index (χ4v) is 4.35. The molecule has 1 aliphatic rings. The van der Waals surface area contributed by atoms with Gasteiger partial charge >= 0.3 is 0 Å². The molecule has 0 atom stereocenters. The van der Waals surface area contributed by atoms with Crippen molar-refractivity contribution in [2.45, 2.75) is 47.6 Å². The zero-order chi connectivity index (χ0) is 20.1. The van der Waals surface area contributed by atoms with Crippen molar-refractivity contribution >= 4 is 23.4 Å². The van der Waals surface area contributed by atoms with Crippen molar-refractivity contribution in [1.82, 2.24) is 0 Å². The molecule has 28 heavy (non-hydrogen) atoms. The maximum Gasteiger partial charge on any atom is 0.250 e. The fourth-order valence-electron chi connectivity index (χ4n) is 3.35. The van der Waals surface area contributed by atoms with Crippen molar-refractivity contribution < 1.29 is 19.4 Å². The molecular weight excluding hydrogens is 376 g/mol. The Morgan fingerprint density at radius 1 is 1.11 bits per heavy atom. The lowest BCUT2D eigenvalue weighted by atomic mass is 9.93. The second kappa shape index (κ2) is 9.21. The maximum atomic E-state index is 11.9. The number of hydrogen-bond acceptors (Lipinski definition) is 6. The molecule has 0 heterocycles. The molecule has 0 radical (unpaired) electrons. The summed E-state index contributed by atoms with van der Waals surface area (Å²) in [5.41, 5.74) is 6.75. The monoisotopic (exact) mass is 402 g/mol. The van der Waals surface area contributed by atoms with Crippen LogP contribution in [0.2, 0.25) is 0 Å². The zero-order valence-corrected chi connectivity index (χ0v) is 16.9. The van der Waals surface area contributed by atoms with Crippen LogP contribution in [-0.2, 0) is 0 Å². The number of benzene rings is 2. The van der Waals surface area contributed by atoms with E-state index in [0.717, 1.165) is 52.7 Å². The first-order chi connectivity index (χ1) is 13.5. The third kappa shape index (κ3) is 4.91. The Bertz CT molecular complexity index is 835. The molecule has 0 bridgehead atoms. The standard InChI is InChI=1S/C21H26N2O4S/c1-26-15-7-10-19(27-2)20(11-15)28-16-8-9-17(21(22)25)18(12-16)23-13-3-5-14(24)6-4-13/h7-14,23-24H,3-6H2,1-2H3,(H2,22,25). The van der Waals surface area contributed by atoms with E-state index in [2.05, 4.69) is 5.32 Å². The van der Waals surface area contributed by atoms with E-state index in [4.69, 9.17) is 15.2 Å². The number of amides is 1. The normalized spacial score (nSPS) is 19.1. The average molecular weight is 403 g/mol. The van der Waals surface area contributed by atoms with Gasteiger partial charge in [-0.25, -0.2) is 0 Å². The second-order valence-corrected chi connectivity index (χ2v) is 7.96. The van der Waals surface area contributed by atoms with E-state index in [1.54, 1.807) is 20.3 Å². The first kappa shape index (κ1) is 20.4. The number of carbonyl (C=O) groups excluding carboxylic acids is 1. The summed E-state index contributed by atoms with van der Waals surface area (Å²) in [5, 5.41) is 13.2. The Labute approximate surface area is 169 Å². The van der Waals surface area contributed by atoms with Gasteiger partial charge in [0.1, 0.15) is 11.5 Å². The van der Waals surface area contributed by atoms with Gasteiger partial charge in [0.2, 0.25) is 0 Å². The highest BCUT2D eigenvalue weighted by Crippen LogP contribution is 2.39. The summed E-state index contributed by atoms with van der Waals surface area (Å²) in [6.45, 7) is 0. The molecule has 1 saturated carbocycles. The van der Waals surface area contributed by atoms with Gasteiger partial charge in [0.05, 0.1) is 30.8 Å². The summed E-state index contributed by atoms with van der Waals surface area (Å²) >= 11 is 1.53. The molecule has 1 fully saturated rings. The van der Waals surface area contributed by atoms with Crippen molar-refractivity contribution in [3.05, 3.63) is 42.0 Å². The molecule has 7 heteroatoms. The molecule has 4 N–H and O–H groups in total. The van der Waals surface area contributed by atoms with Gasteiger partial charge in [0.25, 0.3) is 5.91 Å². The van der Waals surface area contributed by atoms with Gasteiger partial charge in [-0.05, 0) is 62.1 Å². The highest BCUT2D eigenvalue weighted by Gasteiger charge is 2.21. The van der Waals surface area contributed by atoms with Gasteiger partial charge < -0.3 is 25.6 Å². The summed E-state index contributed by atoms with van der Waals surface area (Å²) < 4.78 is 10.8. The summed E-state index contributed by atoms with van der Waals surface area (Å²) in [6, 6.07) is 11.4. The third-order valence-electron chi connectivity index (χ3n) is 4.91. The van der Waals surface area contributed by atoms with Crippen molar-refractivity contribution in [1.29, 1.82) is 0 Å². The smallest absolute Gasteiger partial charge is 0.250 e. The molecule has 0 aliphatic heterocycles. The lowest BCUT2D eigenvalue weighted by molar-refractivity contribution is 0.100. The quantitative estimate of drug-likeness (QED) is 0.654. The lowest BCUT2D eigenvalue weighted by Crippen LogP contribution is -2.29. The largest absolute Gasteiger partial charge is 0.497 e. The summed E-state index contributed by atoms with van der Waals surface area (Å²) in [4.78, 5) is 13.7. The highest BCUT2D eigenvalue weighted by atomic mass is 32.2. The van der Waals surface area contributed by atoms with Gasteiger partial charge in [-0.1, -0.05) is 11.8 Å². The zero-order valence-electron chi connectivity index (χ0n) is 16.1. The molecule has 6 nitrogen and oxygen atoms in total. The average Bonchev–Trinajstić information content (AvgIpc) is 2.69.